The second kappa shape index (κ2) is 4.40. The smallest absolute Gasteiger partial charge is 0.0558 e. The molecule has 1 aliphatic heterocycles. The molecule has 0 aliphatic carbocycles. The Kier molecular flexibility index (Phi) is 3.18. The van der Waals surface area contributed by atoms with Crippen LogP contribution in [0, 0.1) is 0 Å². The maximum atomic E-state index is 6.20. The van der Waals surface area contributed by atoms with Crippen LogP contribution < -0.4 is 11.1 Å². The van der Waals surface area contributed by atoms with Crippen molar-refractivity contribution in [2.24, 2.45) is 5.73 Å². The second-order valence-electron chi connectivity index (χ2n) is 3.86. The largest absolute Gasteiger partial charge is 0.322 e. The van der Waals surface area contributed by atoms with E-state index < -0.39 is 0 Å². The molecule has 1 aromatic rings. The van der Waals surface area contributed by atoms with Gasteiger partial charge in [0.2, 0.25) is 0 Å². The molecule has 2 unspecified atom stereocenters. The van der Waals surface area contributed by atoms with Crippen LogP contribution in [0.1, 0.15) is 10.9 Å². The lowest BCUT2D eigenvalue weighted by atomic mass is 10.1. The van der Waals surface area contributed by atoms with Gasteiger partial charge in [-0.3, -0.25) is 0 Å². The molecule has 1 fully saturated rings. The highest BCUT2D eigenvalue weighted by Gasteiger charge is 2.24. The summed E-state index contributed by atoms with van der Waals surface area (Å²) in [5, 5.41) is 5.56. The first-order chi connectivity index (χ1) is 6.77. The molecular formula is C10H17N3S. The lowest BCUT2D eigenvalue weighted by Crippen LogP contribution is -2.53. The van der Waals surface area contributed by atoms with E-state index in [0.29, 0.717) is 6.04 Å². The first kappa shape index (κ1) is 10.1. The molecule has 0 saturated carbocycles. The van der Waals surface area contributed by atoms with Crippen molar-refractivity contribution in [2.45, 2.75) is 12.1 Å². The zero-order valence-corrected chi connectivity index (χ0v) is 9.26. The lowest BCUT2D eigenvalue weighted by molar-refractivity contribution is 0.221. The maximum absolute atomic E-state index is 6.20. The summed E-state index contributed by atoms with van der Waals surface area (Å²) in [6, 6.07) is 4.71. The Labute approximate surface area is 88.9 Å². The molecule has 1 aromatic heterocycles. The third-order valence-corrected chi connectivity index (χ3v) is 3.69. The molecule has 0 radical (unpaired) electrons. The van der Waals surface area contributed by atoms with Gasteiger partial charge in [-0.2, -0.15) is 0 Å². The standard InChI is InChI=1S/C10H17N3S/c1-13-5-4-12-8(7-13)10(11)9-3-2-6-14-9/h2-3,6,8,10,12H,4-5,7,11H2,1H3. The highest BCUT2D eigenvalue weighted by Crippen LogP contribution is 2.20. The average Bonchev–Trinajstić information content (AvgIpc) is 2.69. The molecule has 0 amide bonds. The average molecular weight is 211 g/mol. The molecule has 0 aromatic carbocycles. The third kappa shape index (κ3) is 2.15. The van der Waals surface area contributed by atoms with Crippen molar-refractivity contribution < 1.29 is 0 Å². The SMILES string of the molecule is CN1CCNC(C(N)c2cccs2)C1. The van der Waals surface area contributed by atoms with Crippen LogP contribution in [0.25, 0.3) is 0 Å². The zero-order chi connectivity index (χ0) is 9.97. The maximum Gasteiger partial charge on any atom is 0.0558 e. The minimum absolute atomic E-state index is 0.137. The topological polar surface area (TPSA) is 41.3 Å². The van der Waals surface area contributed by atoms with Crippen LogP contribution in [0.5, 0.6) is 0 Å². The Morgan fingerprint density at radius 2 is 2.57 bits per heavy atom. The van der Waals surface area contributed by atoms with Gasteiger partial charge in [0.1, 0.15) is 0 Å². The van der Waals surface area contributed by atoms with Gasteiger partial charge in [-0.1, -0.05) is 6.07 Å². The summed E-state index contributed by atoms with van der Waals surface area (Å²) in [5.74, 6) is 0. The van der Waals surface area contributed by atoms with Crippen molar-refractivity contribution in [3.8, 4) is 0 Å². The number of piperazine rings is 1. The molecular weight excluding hydrogens is 194 g/mol. The minimum atomic E-state index is 0.137. The van der Waals surface area contributed by atoms with Gasteiger partial charge in [0.25, 0.3) is 0 Å². The number of nitrogens with two attached hydrogens (primary N) is 1. The quantitative estimate of drug-likeness (QED) is 0.755. The Hall–Kier alpha value is -0.420. The normalized spacial score (nSPS) is 26.3. The van der Waals surface area contributed by atoms with Gasteiger partial charge in [-0.05, 0) is 18.5 Å². The van der Waals surface area contributed by atoms with Crippen LogP contribution in [0.2, 0.25) is 0 Å². The van der Waals surface area contributed by atoms with Crippen molar-refractivity contribution in [3.05, 3.63) is 22.4 Å². The minimum Gasteiger partial charge on any atom is -0.322 e. The first-order valence-corrected chi connectivity index (χ1v) is 5.86. The van der Waals surface area contributed by atoms with Crippen LogP contribution in [0.3, 0.4) is 0 Å². The number of hydrogen-bond donors (Lipinski definition) is 2. The van der Waals surface area contributed by atoms with Crippen LogP contribution in [-0.4, -0.2) is 37.6 Å². The van der Waals surface area contributed by atoms with Crippen LogP contribution in [0.4, 0.5) is 0 Å². The Morgan fingerprint density at radius 1 is 1.71 bits per heavy atom. The summed E-state index contributed by atoms with van der Waals surface area (Å²) in [4.78, 5) is 3.60. The van der Waals surface area contributed by atoms with Gasteiger partial charge < -0.3 is 16.0 Å². The van der Waals surface area contributed by atoms with Gasteiger partial charge in [0, 0.05) is 30.6 Å². The molecule has 4 heteroatoms. The number of thiophene rings is 1. The van der Waals surface area contributed by atoms with Gasteiger partial charge in [0.15, 0.2) is 0 Å². The van der Waals surface area contributed by atoms with Crippen molar-refractivity contribution in [2.75, 3.05) is 26.7 Å². The third-order valence-electron chi connectivity index (χ3n) is 2.71. The molecule has 0 spiro atoms. The number of nitrogens with one attached hydrogen (secondary N) is 1. The summed E-state index contributed by atoms with van der Waals surface area (Å²) in [6.07, 6.45) is 0. The van der Waals surface area contributed by atoms with E-state index in [1.165, 1.54) is 4.88 Å². The fraction of sp³-hybridized carbons (Fsp3) is 0.600. The zero-order valence-electron chi connectivity index (χ0n) is 8.44. The van der Waals surface area contributed by atoms with E-state index in [-0.39, 0.29) is 6.04 Å². The van der Waals surface area contributed by atoms with Crippen LogP contribution in [0.15, 0.2) is 17.5 Å². The molecule has 1 aliphatic rings. The predicted octanol–water partition coefficient (Wildman–Crippen LogP) is 0.652. The fourth-order valence-electron chi connectivity index (χ4n) is 1.85. The molecule has 1 saturated heterocycles. The molecule has 0 bridgehead atoms. The van der Waals surface area contributed by atoms with Crippen molar-refractivity contribution in [1.82, 2.24) is 10.2 Å². The number of hydrogen-bond acceptors (Lipinski definition) is 4. The van der Waals surface area contributed by atoms with E-state index >= 15 is 0 Å². The molecule has 2 heterocycles. The molecule has 14 heavy (non-hydrogen) atoms. The van der Waals surface area contributed by atoms with E-state index in [0.717, 1.165) is 19.6 Å². The monoisotopic (exact) mass is 211 g/mol. The summed E-state index contributed by atoms with van der Waals surface area (Å²) in [6.45, 7) is 3.20. The van der Waals surface area contributed by atoms with Gasteiger partial charge >= 0.3 is 0 Å². The van der Waals surface area contributed by atoms with Gasteiger partial charge in [-0.25, -0.2) is 0 Å². The van der Waals surface area contributed by atoms with Crippen molar-refractivity contribution >= 4 is 11.3 Å². The highest BCUT2D eigenvalue weighted by molar-refractivity contribution is 7.10. The predicted molar refractivity (Wildman–Crippen MR) is 60.5 cm³/mol. The lowest BCUT2D eigenvalue weighted by Gasteiger charge is -2.34. The highest BCUT2D eigenvalue weighted by atomic mass is 32.1. The van der Waals surface area contributed by atoms with Crippen LogP contribution in [-0.2, 0) is 0 Å². The molecule has 2 atom stereocenters. The molecule has 78 valence electrons. The summed E-state index contributed by atoms with van der Waals surface area (Å²) < 4.78 is 0. The van der Waals surface area contributed by atoms with Crippen molar-refractivity contribution in [3.63, 3.8) is 0 Å². The summed E-state index contributed by atoms with van der Waals surface area (Å²) in [5.41, 5.74) is 6.20. The fourth-order valence-corrected chi connectivity index (χ4v) is 2.64. The van der Waals surface area contributed by atoms with Gasteiger partial charge in [-0.15, -0.1) is 11.3 Å². The summed E-state index contributed by atoms with van der Waals surface area (Å²) in [7, 11) is 2.15. The molecule has 3 nitrogen and oxygen atoms in total. The van der Waals surface area contributed by atoms with E-state index in [1.807, 2.05) is 0 Å². The number of nitrogens with zero attached hydrogens (tertiary/aromatic N) is 1. The van der Waals surface area contributed by atoms with Gasteiger partial charge in [0.05, 0.1) is 6.04 Å². The van der Waals surface area contributed by atoms with E-state index in [1.54, 1.807) is 11.3 Å². The first-order valence-electron chi connectivity index (χ1n) is 4.98. The Balaban J connectivity index is 2.00. The number of likely N-dealkylation sites (N-methyl/N-ethyl adjacent to an activating group) is 1. The van der Waals surface area contributed by atoms with Crippen LogP contribution >= 0.6 is 11.3 Å². The van der Waals surface area contributed by atoms with E-state index in [4.69, 9.17) is 5.73 Å². The Morgan fingerprint density at radius 3 is 3.21 bits per heavy atom. The second-order valence-corrected chi connectivity index (χ2v) is 4.84. The van der Waals surface area contributed by atoms with E-state index in [2.05, 4.69) is 34.8 Å². The molecule has 2 rings (SSSR count). The summed E-state index contributed by atoms with van der Waals surface area (Å²) >= 11 is 1.74. The molecule has 3 N–H and O–H groups in total. The van der Waals surface area contributed by atoms with E-state index in [9.17, 15) is 0 Å². The Bertz CT molecular complexity index is 273. The number of rotatable bonds is 2. The van der Waals surface area contributed by atoms with Crippen molar-refractivity contribution in [1.29, 1.82) is 0 Å².